The van der Waals surface area contributed by atoms with Crippen molar-refractivity contribution < 1.29 is 9.90 Å². The number of carboxylic acid groups (broad SMARTS) is 1. The van der Waals surface area contributed by atoms with Gasteiger partial charge in [-0.25, -0.2) is 4.79 Å². The van der Waals surface area contributed by atoms with Crippen LogP contribution < -0.4 is 0 Å². The van der Waals surface area contributed by atoms with Crippen LogP contribution in [-0.2, 0) is 4.79 Å². The fraction of sp³-hybridized carbons (Fsp3) is 0.727. The minimum atomic E-state index is -0.919. The molecule has 0 aromatic carbocycles. The third-order valence-corrected chi connectivity index (χ3v) is 2.66. The standard InChI is InChI=1S/C11H21NO2/c1-8(10(13)14)7-12(6)9(2)11(3,4)5/h9H,1,7H2,2-6H3,(H,13,14). The molecule has 0 amide bonds. The Kier molecular flexibility index (Phi) is 4.33. The third-order valence-electron chi connectivity index (χ3n) is 2.66. The van der Waals surface area contributed by atoms with Crippen molar-refractivity contribution in [3.63, 3.8) is 0 Å². The number of hydrogen-bond donors (Lipinski definition) is 1. The lowest BCUT2D eigenvalue weighted by atomic mass is 9.87. The van der Waals surface area contributed by atoms with Gasteiger partial charge in [0.05, 0.1) is 0 Å². The molecule has 82 valence electrons. The second-order valence-corrected chi connectivity index (χ2v) is 4.87. The smallest absolute Gasteiger partial charge is 0.332 e. The second kappa shape index (κ2) is 4.60. The zero-order chi connectivity index (χ0) is 11.5. The van der Waals surface area contributed by atoms with Gasteiger partial charge >= 0.3 is 5.97 Å². The lowest BCUT2D eigenvalue weighted by molar-refractivity contribution is -0.133. The van der Waals surface area contributed by atoms with E-state index in [0.717, 1.165) is 0 Å². The molecule has 0 radical (unpaired) electrons. The fourth-order valence-corrected chi connectivity index (χ4v) is 1.17. The van der Waals surface area contributed by atoms with Crippen LogP contribution in [0.1, 0.15) is 27.7 Å². The molecule has 1 atom stereocenters. The van der Waals surface area contributed by atoms with Gasteiger partial charge in [-0.1, -0.05) is 27.4 Å². The Morgan fingerprint density at radius 1 is 1.50 bits per heavy atom. The Labute approximate surface area is 86.4 Å². The highest BCUT2D eigenvalue weighted by Crippen LogP contribution is 2.23. The maximum atomic E-state index is 10.6. The van der Waals surface area contributed by atoms with Crippen LogP contribution in [0.2, 0.25) is 0 Å². The molecule has 0 saturated carbocycles. The molecule has 0 aliphatic carbocycles. The van der Waals surface area contributed by atoms with Crippen LogP contribution in [-0.4, -0.2) is 35.6 Å². The summed E-state index contributed by atoms with van der Waals surface area (Å²) in [6.45, 7) is 12.4. The summed E-state index contributed by atoms with van der Waals surface area (Å²) in [6.07, 6.45) is 0. The topological polar surface area (TPSA) is 40.5 Å². The number of carboxylic acids is 1. The van der Waals surface area contributed by atoms with Crippen LogP contribution in [0.25, 0.3) is 0 Å². The van der Waals surface area contributed by atoms with Gasteiger partial charge in [0.1, 0.15) is 0 Å². The first-order chi connectivity index (χ1) is 6.16. The lowest BCUT2D eigenvalue weighted by Crippen LogP contribution is -2.40. The van der Waals surface area contributed by atoms with E-state index >= 15 is 0 Å². The van der Waals surface area contributed by atoms with E-state index in [-0.39, 0.29) is 11.0 Å². The summed E-state index contributed by atoms with van der Waals surface area (Å²) in [7, 11) is 1.92. The molecule has 0 bridgehead atoms. The van der Waals surface area contributed by atoms with Crippen molar-refractivity contribution in [1.29, 1.82) is 0 Å². The minimum Gasteiger partial charge on any atom is -0.478 e. The highest BCUT2D eigenvalue weighted by Gasteiger charge is 2.24. The molecule has 0 aromatic heterocycles. The molecule has 0 aliphatic rings. The SMILES string of the molecule is C=C(CN(C)C(C)C(C)(C)C)C(=O)O. The Balaban J connectivity index is 4.29. The monoisotopic (exact) mass is 199 g/mol. The van der Waals surface area contributed by atoms with E-state index in [1.54, 1.807) is 0 Å². The quantitative estimate of drug-likeness (QED) is 0.704. The first-order valence-electron chi connectivity index (χ1n) is 4.77. The average molecular weight is 199 g/mol. The number of nitrogens with zero attached hydrogens (tertiary/aromatic N) is 1. The Bertz CT molecular complexity index is 228. The molecule has 0 fully saturated rings. The maximum absolute atomic E-state index is 10.6. The van der Waals surface area contributed by atoms with Crippen molar-refractivity contribution in [3.05, 3.63) is 12.2 Å². The first-order valence-corrected chi connectivity index (χ1v) is 4.77. The van der Waals surface area contributed by atoms with Gasteiger partial charge in [-0.15, -0.1) is 0 Å². The van der Waals surface area contributed by atoms with Gasteiger partial charge in [0.2, 0.25) is 0 Å². The number of rotatable bonds is 4. The normalized spacial score (nSPS) is 14.1. The van der Waals surface area contributed by atoms with E-state index in [0.29, 0.717) is 12.6 Å². The van der Waals surface area contributed by atoms with Crippen molar-refractivity contribution >= 4 is 5.97 Å². The minimum absolute atomic E-state index is 0.146. The molecule has 0 rings (SSSR count). The molecular weight excluding hydrogens is 178 g/mol. The summed E-state index contributed by atoms with van der Waals surface area (Å²) in [5.41, 5.74) is 0.386. The van der Waals surface area contributed by atoms with Gasteiger partial charge in [-0.2, -0.15) is 0 Å². The molecule has 0 heterocycles. The van der Waals surface area contributed by atoms with E-state index in [1.165, 1.54) is 0 Å². The van der Waals surface area contributed by atoms with E-state index in [2.05, 4.69) is 34.3 Å². The number of carbonyl (C=O) groups is 1. The van der Waals surface area contributed by atoms with Crippen LogP contribution in [0.3, 0.4) is 0 Å². The van der Waals surface area contributed by atoms with E-state index in [4.69, 9.17) is 5.11 Å². The Hall–Kier alpha value is -0.830. The van der Waals surface area contributed by atoms with Crippen LogP contribution in [0.5, 0.6) is 0 Å². The molecule has 0 aromatic rings. The summed E-state index contributed by atoms with van der Waals surface area (Å²) >= 11 is 0. The maximum Gasteiger partial charge on any atom is 0.332 e. The van der Waals surface area contributed by atoms with Gasteiger partial charge in [-0.3, -0.25) is 4.90 Å². The van der Waals surface area contributed by atoms with Crippen molar-refractivity contribution in [2.45, 2.75) is 33.7 Å². The molecule has 14 heavy (non-hydrogen) atoms. The summed E-state index contributed by atoms with van der Waals surface area (Å²) in [5, 5.41) is 8.69. The fourth-order valence-electron chi connectivity index (χ4n) is 1.17. The molecule has 3 nitrogen and oxygen atoms in total. The van der Waals surface area contributed by atoms with Crippen LogP contribution in [0.15, 0.2) is 12.2 Å². The van der Waals surface area contributed by atoms with Gasteiger partial charge in [0.25, 0.3) is 0 Å². The Morgan fingerprint density at radius 2 is 1.93 bits per heavy atom. The van der Waals surface area contributed by atoms with Crippen molar-refractivity contribution in [3.8, 4) is 0 Å². The molecule has 0 saturated heterocycles. The molecule has 3 heteroatoms. The molecule has 1 unspecified atom stereocenters. The van der Waals surface area contributed by atoms with Crippen molar-refractivity contribution in [2.24, 2.45) is 5.41 Å². The lowest BCUT2D eigenvalue weighted by Gasteiger charge is -2.35. The second-order valence-electron chi connectivity index (χ2n) is 4.87. The first kappa shape index (κ1) is 13.2. The van der Waals surface area contributed by atoms with Crippen molar-refractivity contribution in [2.75, 3.05) is 13.6 Å². The zero-order valence-corrected chi connectivity index (χ0v) is 9.79. The third kappa shape index (κ3) is 3.92. The van der Waals surface area contributed by atoms with Crippen molar-refractivity contribution in [1.82, 2.24) is 4.90 Å². The molecule has 0 spiro atoms. The highest BCUT2D eigenvalue weighted by molar-refractivity contribution is 5.86. The van der Waals surface area contributed by atoms with Crippen LogP contribution >= 0.6 is 0 Å². The Morgan fingerprint density at radius 3 is 2.21 bits per heavy atom. The predicted molar refractivity (Wildman–Crippen MR) is 58.3 cm³/mol. The van der Waals surface area contributed by atoms with Crippen LogP contribution in [0.4, 0.5) is 0 Å². The van der Waals surface area contributed by atoms with E-state index in [9.17, 15) is 4.79 Å². The van der Waals surface area contributed by atoms with Gasteiger partial charge in [0, 0.05) is 18.2 Å². The number of likely N-dealkylation sites (N-methyl/N-ethyl adjacent to an activating group) is 1. The van der Waals surface area contributed by atoms with Crippen LogP contribution in [0, 0.1) is 5.41 Å². The number of hydrogen-bond acceptors (Lipinski definition) is 2. The van der Waals surface area contributed by atoms with Gasteiger partial charge in [-0.05, 0) is 19.4 Å². The molecule has 0 aliphatic heterocycles. The van der Waals surface area contributed by atoms with Gasteiger partial charge < -0.3 is 5.11 Å². The molecular formula is C11H21NO2. The largest absolute Gasteiger partial charge is 0.478 e. The number of aliphatic carboxylic acids is 1. The molecule has 1 N–H and O–H groups in total. The predicted octanol–water partition coefficient (Wildman–Crippen LogP) is 1.99. The van der Waals surface area contributed by atoms with Gasteiger partial charge in [0.15, 0.2) is 0 Å². The highest BCUT2D eigenvalue weighted by atomic mass is 16.4. The summed E-state index contributed by atoms with van der Waals surface area (Å²) in [6, 6.07) is 0.318. The van der Waals surface area contributed by atoms with E-state index in [1.807, 2.05) is 11.9 Å². The summed E-state index contributed by atoms with van der Waals surface area (Å²) in [4.78, 5) is 12.6. The zero-order valence-electron chi connectivity index (χ0n) is 9.79. The summed E-state index contributed by atoms with van der Waals surface area (Å²) < 4.78 is 0. The van der Waals surface area contributed by atoms with E-state index < -0.39 is 5.97 Å². The average Bonchev–Trinajstić information content (AvgIpc) is 2.00. The summed E-state index contributed by atoms with van der Waals surface area (Å²) in [5.74, 6) is -0.919.